The summed E-state index contributed by atoms with van der Waals surface area (Å²) in [6.45, 7) is 2.02. The quantitative estimate of drug-likeness (QED) is 0.673. The van der Waals surface area contributed by atoms with Gasteiger partial charge < -0.3 is 15.4 Å². The summed E-state index contributed by atoms with van der Waals surface area (Å²) >= 11 is 1.63. The van der Waals surface area contributed by atoms with Gasteiger partial charge in [-0.05, 0) is 43.3 Å². The van der Waals surface area contributed by atoms with Crippen molar-refractivity contribution in [2.75, 3.05) is 17.2 Å². The number of hydrogen-bond acceptors (Lipinski definition) is 5. The molecule has 8 heteroatoms. The molecule has 4 rings (SSSR count). The van der Waals surface area contributed by atoms with E-state index in [1.807, 2.05) is 19.1 Å². The van der Waals surface area contributed by atoms with Crippen molar-refractivity contribution in [1.82, 2.24) is 10.2 Å². The third-order valence-electron chi connectivity index (χ3n) is 3.69. The highest BCUT2D eigenvalue weighted by Crippen LogP contribution is 2.31. The number of hydrogen-bond donors (Lipinski definition) is 3. The van der Waals surface area contributed by atoms with Gasteiger partial charge in [-0.15, -0.1) is 11.3 Å². The molecule has 25 heavy (non-hydrogen) atoms. The van der Waals surface area contributed by atoms with Gasteiger partial charge in [0.1, 0.15) is 5.75 Å². The molecule has 0 saturated heterocycles. The zero-order valence-electron chi connectivity index (χ0n) is 13.3. The average molecular weight is 354 g/mol. The van der Waals surface area contributed by atoms with Crippen molar-refractivity contribution in [3.05, 3.63) is 47.0 Å². The van der Waals surface area contributed by atoms with Crippen molar-refractivity contribution < 1.29 is 14.3 Å². The molecule has 0 spiro atoms. The summed E-state index contributed by atoms with van der Waals surface area (Å²) in [5.74, 6) is 0.0191. The maximum atomic E-state index is 12.4. The zero-order valence-corrected chi connectivity index (χ0v) is 14.1. The standard InChI is InChI=1S/C17H14N4O3S/c1-9-2-5-15(25-9)12-7-13(21-20-12)17(23)18-10-3-4-14-11(6-10)19-16(22)8-24-14/h2-7H,8H2,1H3,(H,18,23)(H,19,22)(H,20,21). The topological polar surface area (TPSA) is 96.1 Å². The molecule has 0 radical (unpaired) electrons. The number of amides is 2. The lowest BCUT2D eigenvalue weighted by Gasteiger charge is -2.18. The first kappa shape index (κ1) is 15.4. The van der Waals surface area contributed by atoms with Crippen LogP contribution in [0.4, 0.5) is 11.4 Å². The highest BCUT2D eigenvalue weighted by atomic mass is 32.1. The fourth-order valence-corrected chi connectivity index (χ4v) is 3.33. The van der Waals surface area contributed by atoms with Gasteiger partial charge in [0.05, 0.1) is 16.3 Å². The second-order valence-electron chi connectivity index (χ2n) is 5.58. The van der Waals surface area contributed by atoms with E-state index in [2.05, 4.69) is 20.8 Å². The molecule has 126 valence electrons. The average Bonchev–Trinajstić information content (AvgIpc) is 3.23. The molecule has 3 aromatic rings. The van der Waals surface area contributed by atoms with Gasteiger partial charge in [-0.1, -0.05) is 0 Å². The fraction of sp³-hybridized carbons (Fsp3) is 0.118. The number of aromatic nitrogens is 2. The number of ether oxygens (including phenoxy) is 1. The first-order valence-corrected chi connectivity index (χ1v) is 8.40. The third-order valence-corrected chi connectivity index (χ3v) is 4.72. The maximum absolute atomic E-state index is 12.4. The van der Waals surface area contributed by atoms with Crippen LogP contribution in [0.5, 0.6) is 5.75 Å². The molecule has 2 aromatic heterocycles. The molecular weight excluding hydrogens is 340 g/mol. The van der Waals surface area contributed by atoms with Crippen LogP contribution in [0.15, 0.2) is 36.4 Å². The molecule has 3 N–H and O–H groups in total. The predicted molar refractivity (Wildman–Crippen MR) is 95.2 cm³/mol. The molecule has 3 heterocycles. The minimum Gasteiger partial charge on any atom is -0.482 e. The lowest BCUT2D eigenvalue weighted by molar-refractivity contribution is -0.118. The second kappa shape index (κ2) is 6.06. The van der Waals surface area contributed by atoms with Crippen LogP contribution >= 0.6 is 11.3 Å². The van der Waals surface area contributed by atoms with Crippen molar-refractivity contribution in [2.24, 2.45) is 0 Å². The number of anilines is 2. The van der Waals surface area contributed by atoms with Crippen LogP contribution in [-0.4, -0.2) is 28.6 Å². The number of carbonyl (C=O) groups excluding carboxylic acids is 2. The maximum Gasteiger partial charge on any atom is 0.276 e. The Kier molecular flexibility index (Phi) is 3.73. The van der Waals surface area contributed by atoms with Gasteiger partial charge in [-0.3, -0.25) is 14.7 Å². The van der Waals surface area contributed by atoms with E-state index >= 15 is 0 Å². The largest absolute Gasteiger partial charge is 0.482 e. The Morgan fingerprint density at radius 3 is 2.96 bits per heavy atom. The summed E-state index contributed by atoms with van der Waals surface area (Å²) in [5, 5.41) is 12.4. The summed E-state index contributed by atoms with van der Waals surface area (Å²) in [4.78, 5) is 26.0. The molecule has 0 saturated carbocycles. The number of fused-ring (bicyclic) bond motifs is 1. The predicted octanol–water partition coefficient (Wildman–Crippen LogP) is 3.03. The van der Waals surface area contributed by atoms with Crippen LogP contribution in [0.25, 0.3) is 10.6 Å². The van der Waals surface area contributed by atoms with E-state index in [-0.39, 0.29) is 18.4 Å². The van der Waals surface area contributed by atoms with E-state index in [9.17, 15) is 9.59 Å². The lowest BCUT2D eigenvalue weighted by atomic mass is 10.2. The van der Waals surface area contributed by atoms with E-state index in [1.54, 1.807) is 35.6 Å². The minimum atomic E-state index is -0.334. The number of thiophene rings is 1. The van der Waals surface area contributed by atoms with Crippen LogP contribution in [0.2, 0.25) is 0 Å². The smallest absolute Gasteiger partial charge is 0.276 e. The zero-order chi connectivity index (χ0) is 17.4. The molecule has 1 aromatic carbocycles. The Labute approximate surface area is 147 Å². The van der Waals surface area contributed by atoms with Crippen LogP contribution in [0, 0.1) is 6.92 Å². The van der Waals surface area contributed by atoms with Crippen molar-refractivity contribution in [3.63, 3.8) is 0 Å². The van der Waals surface area contributed by atoms with E-state index in [1.165, 1.54) is 4.88 Å². The Balaban J connectivity index is 1.52. The summed E-state index contributed by atoms with van der Waals surface area (Å²) < 4.78 is 5.29. The number of H-pyrrole nitrogens is 1. The molecule has 0 atom stereocenters. The number of nitrogens with one attached hydrogen (secondary N) is 3. The van der Waals surface area contributed by atoms with Crippen molar-refractivity contribution in [1.29, 1.82) is 0 Å². The van der Waals surface area contributed by atoms with Crippen LogP contribution in [0.3, 0.4) is 0 Å². The second-order valence-corrected chi connectivity index (χ2v) is 6.87. The summed E-state index contributed by atoms with van der Waals surface area (Å²) in [5.41, 5.74) is 2.17. The number of carbonyl (C=O) groups is 2. The monoisotopic (exact) mass is 354 g/mol. The van der Waals surface area contributed by atoms with Gasteiger partial charge in [-0.2, -0.15) is 5.10 Å². The molecular formula is C17H14N4O3S. The Hall–Kier alpha value is -3.13. The summed E-state index contributed by atoms with van der Waals surface area (Å²) in [6, 6.07) is 10.8. The van der Waals surface area contributed by atoms with Gasteiger partial charge in [0.15, 0.2) is 12.3 Å². The Morgan fingerprint density at radius 2 is 2.16 bits per heavy atom. The Morgan fingerprint density at radius 1 is 1.28 bits per heavy atom. The van der Waals surface area contributed by atoms with Gasteiger partial charge in [0.2, 0.25) is 0 Å². The van der Waals surface area contributed by atoms with Gasteiger partial charge in [0, 0.05) is 10.6 Å². The van der Waals surface area contributed by atoms with Crippen LogP contribution < -0.4 is 15.4 Å². The molecule has 0 fully saturated rings. The van der Waals surface area contributed by atoms with Gasteiger partial charge in [-0.25, -0.2) is 0 Å². The fourth-order valence-electron chi connectivity index (χ4n) is 2.50. The van der Waals surface area contributed by atoms with Crippen LogP contribution in [-0.2, 0) is 4.79 Å². The van der Waals surface area contributed by atoms with Crippen molar-refractivity contribution in [2.45, 2.75) is 6.92 Å². The van der Waals surface area contributed by atoms with E-state index in [0.29, 0.717) is 22.8 Å². The third kappa shape index (κ3) is 3.11. The first-order valence-electron chi connectivity index (χ1n) is 7.59. The number of aryl methyl sites for hydroxylation is 1. The lowest BCUT2D eigenvalue weighted by Crippen LogP contribution is -2.25. The van der Waals surface area contributed by atoms with Gasteiger partial charge in [0.25, 0.3) is 11.8 Å². The highest BCUT2D eigenvalue weighted by Gasteiger charge is 2.17. The molecule has 1 aliphatic rings. The minimum absolute atomic E-state index is 0.00303. The van der Waals surface area contributed by atoms with Gasteiger partial charge >= 0.3 is 0 Å². The molecule has 2 amide bonds. The number of nitrogens with zero attached hydrogens (tertiary/aromatic N) is 1. The molecule has 0 unspecified atom stereocenters. The SMILES string of the molecule is Cc1ccc(-c2cc(C(=O)Nc3ccc4c(c3)NC(=O)CO4)n[nH]2)s1. The molecule has 7 nitrogen and oxygen atoms in total. The van der Waals surface area contributed by atoms with Crippen molar-refractivity contribution >= 4 is 34.5 Å². The first-order chi connectivity index (χ1) is 12.1. The van der Waals surface area contributed by atoms with E-state index in [4.69, 9.17) is 4.74 Å². The van der Waals surface area contributed by atoms with E-state index < -0.39 is 0 Å². The molecule has 1 aliphatic heterocycles. The van der Waals surface area contributed by atoms with Crippen molar-refractivity contribution in [3.8, 4) is 16.3 Å². The molecule has 0 bridgehead atoms. The Bertz CT molecular complexity index is 976. The highest BCUT2D eigenvalue weighted by molar-refractivity contribution is 7.15. The van der Waals surface area contributed by atoms with Crippen LogP contribution in [0.1, 0.15) is 15.4 Å². The molecule has 0 aliphatic carbocycles. The summed E-state index contributed by atoms with van der Waals surface area (Å²) in [6.07, 6.45) is 0. The van der Waals surface area contributed by atoms with E-state index in [0.717, 1.165) is 10.6 Å². The number of benzene rings is 1. The normalized spacial score (nSPS) is 12.9. The number of rotatable bonds is 3. The number of aromatic amines is 1. The summed E-state index contributed by atoms with van der Waals surface area (Å²) in [7, 11) is 0.